The van der Waals surface area contributed by atoms with Crippen molar-refractivity contribution in [1.29, 1.82) is 5.26 Å². The van der Waals surface area contributed by atoms with E-state index in [0.717, 1.165) is 20.9 Å². The van der Waals surface area contributed by atoms with Crippen molar-refractivity contribution in [2.75, 3.05) is 12.0 Å². The van der Waals surface area contributed by atoms with E-state index >= 15 is 0 Å². The van der Waals surface area contributed by atoms with Crippen molar-refractivity contribution in [1.82, 2.24) is 4.98 Å². The molecule has 2 aromatic carbocycles. The third-order valence-electron chi connectivity index (χ3n) is 2.85. The number of thiazole rings is 1. The third kappa shape index (κ3) is 3.40. The Balaban J connectivity index is 1.63. The number of hydrogen-bond donors (Lipinski definition) is 1. The molecule has 0 bridgehead atoms. The van der Waals surface area contributed by atoms with Crippen LogP contribution in [0.4, 0.5) is 5.13 Å². The minimum atomic E-state index is 0.0482. The maximum atomic E-state index is 8.45. The maximum Gasteiger partial charge on any atom is 0.204 e. The van der Waals surface area contributed by atoms with Crippen molar-refractivity contribution in [2.24, 2.45) is 5.10 Å². The van der Waals surface area contributed by atoms with Gasteiger partial charge in [-0.05, 0) is 42.0 Å². The second kappa shape index (κ2) is 6.70. The van der Waals surface area contributed by atoms with Crippen molar-refractivity contribution < 1.29 is 4.74 Å². The summed E-state index contributed by atoms with van der Waals surface area (Å²) in [5.41, 5.74) is 4.82. The number of anilines is 1. The highest BCUT2D eigenvalue weighted by atomic mass is 32.1. The predicted molar refractivity (Wildman–Crippen MR) is 88.4 cm³/mol. The number of benzene rings is 2. The summed E-state index contributed by atoms with van der Waals surface area (Å²) in [7, 11) is 0. The quantitative estimate of drug-likeness (QED) is 0.577. The van der Waals surface area contributed by atoms with Crippen LogP contribution in [-0.4, -0.2) is 17.8 Å². The SMILES string of the molecule is N#CCOc1ccc(C=NNc2nc3ccccc3s2)cc1. The number of ether oxygens (including phenoxy) is 1. The van der Waals surface area contributed by atoms with Crippen molar-refractivity contribution in [3.8, 4) is 11.8 Å². The van der Waals surface area contributed by atoms with Crippen LogP contribution in [-0.2, 0) is 0 Å². The average molecular weight is 308 g/mol. The Morgan fingerprint density at radius 1 is 1.23 bits per heavy atom. The first-order valence-corrected chi connectivity index (χ1v) is 7.41. The van der Waals surface area contributed by atoms with Crippen molar-refractivity contribution in [3.05, 3.63) is 54.1 Å². The zero-order chi connectivity index (χ0) is 15.2. The lowest BCUT2D eigenvalue weighted by Gasteiger charge is -2.00. The Labute approximate surface area is 131 Å². The maximum absolute atomic E-state index is 8.45. The van der Waals surface area contributed by atoms with Gasteiger partial charge in [0.2, 0.25) is 5.13 Å². The highest BCUT2D eigenvalue weighted by Crippen LogP contribution is 2.25. The largest absolute Gasteiger partial charge is 0.479 e. The van der Waals surface area contributed by atoms with Crippen LogP contribution in [0.25, 0.3) is 10.2 Å². The number of hydrazone groups is 1. The number of para-hydroxylation sites is 1. The molecule has 0 aliphatic heterocycles. The molecule has 1 heterocycles. The summed E-state index contributed by atoms with van der Waals surface area (Å²) < 4.78 is 6.31. The summed E-state index contributed by atoms with van der Waals surface area (Å²) in [5.74, 6) is 0.665. The highest BCUT2D eigenvalue weighted by Gasteiger charge is 2.00. The molecule has 22 heavy (non-hydrogen) atoms. The number of nitriles is 1. The molecular weight excluding hydrogens is 296 g/mol. The van der Waals surface area contributed by atoms with Crippen molar-refractivity contribution in [3.63, 3.8) is 0 Å². The summed E-state index contributed by atoms with van der Waals surface area (Å²) in [6.07, 6.45) is 1.71. The Morgan fingerprint density at radius 2 is 2.05 bits per heavy atom. The number of nitrogens with one attached hydrogen (secondary N) is 1. The molecule has 6 heteroatoms. The number of fused-ring (bicyclic) bond motifs is 1. The fourth-order valence-corrected chi connectivity index (χ4v) is 2.66. The molecule has 0 atom stereocenters. The molecule has 0 unspecified atom stereocenters. The lowest BCUT2D eigenvalue weighted by molar-refractivity contribution is 0.368. The zero-order valence-corrected chi connectivity index (χ0v) is 12.4. The van der Waals surface area contributed by atoms with Gasteiger partial charge < -0.3 is 4.74 Å². The van der Waals surface area contributed by atoms with Gasteiger partial charge in [-0.3, -0.25) is 5.43 Å². The zero-order valence-electron chi connectivity index (χ0n) is 11.6. The van der Waals surface area contributed by atoms with Gasteiger partial charge in [-0.15, -0.1) is 0 Å². The Morgan fingerprint density at radius 3 is 2.82 bits per heavy atom. The minimum Gasteiger partial charge on any atom is -0.479 e. The highest BCUT2D eigenvalue weighted by molar-refractivity contribution is 7.22. The van der Waals surface area contributed by atoms with Gasteiger partial charge in [0.1, 0.15) is 11.8 Å². The summed E-state index contributed by atoms with van der Waals surface area (Å²) in [6.45, 7) is 0.0482. The van der Waals surface area contributed by atoms with E-state index in [4.69, 9.17) is 10.00 Å². The fraction of sp³-hybridized carbons (Fsp3) is 0.0625. The van der Waals surface area contributed by atoms with Crippen LogP contribution in [0, 0.1) is 11.3 Å². The van der Waals surface area contributed by atoms with E-state index in [1.54, 1.807) is 29.7 Å². The summed E-state index contributed by atoms with van der Waals surface area (Å²) in [6, 6.07) is 17.2. The predicted octanol–water partition coefficient (Wildman–Crippen LogP) is 3.64. The van der Waals surface area contributed by atoms with E-state index < -0.39 is 0 Å². The first-order valence-electron chi connectivity index (χ1n) is 6.59. The van der Waals surface area contributed by atoms with Crippen LogP contribution in [0.2, 0.25) is 0 Å². The van der Waals surface area contributed by atoms with E-state index in [9.17, 15) is 0 Å². The van der Waals surface area contributed by atoms with Gasteiger partial charge >= 0.3 is 0 Å². The van der Waals surface area contributed by atoms with Gasteiger partial charge in [-0.1, -0.05) is 23.5 Å². The van der Waals surface area contributed by atoms with Crippen molar-refractivity contribution in [2.45, 2.75) is 0 Å². The third-order valence-corrected chi connectivity index (χ3v) is 3.79. The summed E-state index contributed by atoms with van der Waals surface area (Å²) in [5, 5.41) is 13.4. The van der Waals surface area contributed by atoms with Crippen LogP contribution < -0.4 is 10.2 Å². The van der Waals surface area contributed by atoms with Crippen LogP contribution in [0.5, 0.6) is 5.75 Å². The number of rotatable bonds is 5. The molecule has 3 rings (SSSR count). The van der Waals surface area contributed by atoms with Crippen molar-refractivity contribution >= 4 is 32.9 Å². The van der Waals surface area contributed by atoms with Gasteiger partial charge in [0, 0.05) is 0 Å². The molecule has 0 radical (unpaired) electrons. The van der Waals surface area contributed by atoms with E-state index in [2.05, 4.69) is 15.5 Å². The normalized spacial score (nSPS) is 10.7. The molecule has 0 amide bonds. The average Bonchev–Trinajstić information content (AvgIpc) is 2.97. The molecule has 3 aromatic rings. The Hall–Kier alpha value is -2.91. The van der Waals surface area contributed by atoms with E-state index in [1.165, 1.54) is 0 Å². The van der Waals surface area contributed by atoms with Gasteiger partial charge in [0.15, 0.2) is 6.61 Å². The van der Waals surface area contributed by atoms with E-state index in [1.807, 2.05) is 42.5 Å². The molecule has 0 aliphatic rings. The molecule has 0 saturated carbocycles. The molecular formula is C16H12N4OS. The molecule has 0 saturated heterocycles. The second-order valence-electron chi connectivity index (χ2n) is 4.37. The lowest BCUT2D eigenvalue weighted by atomic mass is 10.2. The van der Waals surface area contributed by atoms with Crippen LogP contribution in [0.1, 0.15) is 5.56 Å². The fourth-order valence-electron chi connectivity index (χ4n) is 1.85. The molecule has 0 fully saturated rings. The summed E-state index contributed by atoms with van der Waals surface area (Å²) in [4.78, 5) is 4.43. The molecule has 5 nitrogen and oxygen atoms in total. The first kappa shape index (κ1) is 14.0. The number of hydrogen-bond acceptors (Lipinski definition) is 6. The van der Waals surface area contributed by atoms with E-state index in [-0.39, 0.29) is 6.61 Å². The lowest BCUT2D eigenvalue weighted by Crippen LogP contribution is -1.94. The monoisotopic (exact) mass is 308 g/mol. The Bertz CT molecular complexity index is 800. The molecule has 1 N–H and O–H groups in total. The van der Waals surface area contributed by atoms with Crippen LogP contribution >= 0.6 is 11.3 Å². The van der Waals surface area contributed by atoms with Gasteiger partial charge in [-0.25, -0.2) is 4.98 Å². The number of aromatic nitrogens is 1. The van der Waals surface area contributed by atoms with E-state index in [0.29, 0.717) is 5.75 Å². The summed E-state index contributed by atoms with van der Waals surface area (Å²) >= 11 is 1.56. The topological polar surface area (TPSA) is 70.3 Å². The standard InChI is InChI=1S/C16H12N4OS/c17-9-10-21-13-7-5-12(6-8-13)11-18-20-16-19-14-3-1-2-4-15(14)22-16/h1-8,11H,10H2,(H,19,20). The van der Waals surface area contributed by atoms with Crippen LogP contribution in [0.3, 0.4) is 0 Å². The molecule has 1 aromatic heterocycles. The number of nitrogens with zero attached hydrogens (tertiary/aromatic N) is 3. The minimum absolute atomic E-state index is 0.0482. The van der Waals surface area contributed by atoms with Gasteiger partial charge in [0.05, 0.1) is 16.4 Å². The second-order valence-corrected chi connectivity index (χ2v) is 5.40. The van der Waals surface area contributed by atoms with Gasteiger partial charge in [0.25, 0.3) is 0 Å². The first-order chi connectivity index (χ1) is 10.8. The smallest absolute Gasteiger partial charge is 0.204 e. The van der Waals surface area contributed by atoms with Crippen LogP contribution in [0.15, 0.2) is 53.6 Å². The Kier molecular flexibility index (Phi) is 4.27. The molecule has 0 spiro atoms. The molecule has 108 valence electrons. The van der Waals surface area contributed by atoms with Gasteiger partial charge in [-0.2, -0.15) is 10.4 Å². The molecule has 0 aliphatic carbocycles.